The summed E-state index contributed by atoms with van der Waals surface area (Å²) in [6.07, 6.45) is 0. The second-order valence-corrected chi connectivity index (χ2v) is 4.50. The van der Waals surface area contributed by atoms with E-state index in [0.29, 0.717) is 11.4 Å². The van der Waals surface area contributed by atoms with E-state index in [1.807, 2.05) is 0 Å². The predicted octanol–water partition coefficient (Wildman–Crippen LogP) is 4.19. The summed E-state index contributed by atoms with van der Waals surface area (Å²) in [7, 11) is 0. The minimum Gasteiger partial charge on any atom is -0.397 e. The Morgan fingerprint density at radius 3 is 2.28 bits per heavy atom. The van der Waals surface area contributed by atoms with Gasteiger partial charge in [-0.3, -0.25) is 0 Å². The summed E-state index contributed by atoms with van der Waals surface area (Å²) in [5.41, 5.74) is 6.29. The quantitative estimate of drug-likeness (QED) is 0.644. The van der Waals surface area contributed by atoms with Crippen LogP contribution < -0.4 is 11.1 Å². The lowest BCUT2D eigenvalue weighted by Gasteiger charge is -2.11. The summed E-state index contributed by atoms with van der Waals surface area (Å²) in [6.45, 7) is 0. The van der Waals surface area contributed by atoms with Gasteiger partial charge in [-0.1, -0.05) is 15.9 Å². The molecule has 0 radical (unpaired) electrons. The Labute approximate surface area is 110 Å². The van der Waals surface area contributed by atoms with Crippen LogP contribution in [0.2, 0.25) is 0 Å². The fourth-order valence-corrected chi connectivity index (χ4v) is 1.79. The molecule has 94 valence electrons. The predicted molar refractivity (Wildman–Crippen MR) is 68.2 cm³/mol. The van der Waals surface area contributed by atoms with Crippen LogP contribution in [0.1, 0.15) is 0 Å². The van der Waals surface area contributed by atoms with E-state index < -0.39 is 17.5 Å². The van der Waals surface area contributed by atoms with Gasteiger partial charge in [-0.05, 0) is 30.3 Å². The highest BCUT2D eigenvalue weighted by Crippen LogP contribution is 2.28. The van der Waals surface area contributed by atoms with E-state index in [4.69, 9.17) is 5.73 Å². The number of rotatable bonds is 2. The maximum absolute atomic E-state index is 13.4. The molecule has 2 nitrogen and oxygen atoms in total. The fourth-order valence-electron chi connectivity index (χ4n) is 1.41. The number of nitrogens with two attached hydrogens (primary N) is 1. The van der Waals surface area contributed by atoms with Crippen LogP contribution in [-0.2, 0) is 0 Å². The SMILES string of the molecule is Nc1cc(Br)ccc1Nc1ccc(F)c(F)c1F. The van der Waals surface area contributed by atoms with Crippen molar-refractivity contribution in [2.75, 3.05) is 11.1 Å². The van der Waals surface area contributed by atoms with Crippen LogP contribution in [0.25, 0.3) is 0 Å². The molecule has 0 unspecified atom stereocenters. The molecule has 2 aromatic rings. The lowest BCUT2D eigenvalue weighted by molar-refractivity contribution is 0.449. The Kier molecular flexibility index (Phi) is 3.47. The third-order valence-corrected chi connectivity index (χ3v) is 2.81. The summed E-state index contributed by atoms with van der Waals surface area (Å²) in [4.78, 5) is 0. The summed E-state index contributed by atoms with van der Waals surface area (Å²) < 4.78 is 40.0. The highest BCUT2D eigenvalue weighted by atomic mass is 79.9. The molecule has 0 bridgehead atoms. The normalized spacial score (nSPS) is 10.4. The van der Waals surface area contributed by atoms with Gasteiger partial charge in [-0.15, -0.1) is 0 Å². The molecule has 0 saturated heterocycles. The van der Waals surface area contributed by atoms with Crippen LogP contribution in [0.5, 0.6) is 0 Å². The van der Waals surface area contributed by atoms with Gasteiger partial charge in [0.05, 0.1) is 17.1 Å². The minimum absolute atomic E-state index is 0.178. The van der Waals surface area contributed by atoms with E-state index in [0.717, 1.165) is 16.6 Å². The Morgan fingerprint density at radius 2 is 1.61 bits per heavy atom. The molecule has 3 N–H and O–H groups in total. The number of nitrogen functional groups attached to an aromatic ring is 1. The lowest BCUT2D eigenvalue weighted by Crippen LogP contribution is -2.01. The molecule has 0 atom stereocenters. The van der Waals surface area contributed by atoms with Gasteiger partial charge in [0, 0.05) is 4.47 Å². The fraction of sp³-hybridized carbons (Fsp3) is 0. The van der Waals surface area contributed by atoms with E-state index in [9.17, 15) is 13.2 Å². The van der Waals surface area contributed by atoms with Crippen molar-refractivity contribution in [2.24, 2.45) is 0 Å². The van der Waals surface area contributed by atoms with Gasteiger partial charge < -0.3 is 11.1 Å². The zero-order valence-electron chi connectivity index (χ0n) is 8.98. The van der Waals surface area contributed by atoms with Crippen LogP contribution in [0.4, 0.5) is 30.2 Å². The van der Waals surface area contributed by atoms with E-state index in [1.54, 1.807) is 18.2 Å². The standard InChI is InChI=1S/C12H8BrF3N2/c13-6-1-3-9(8(17)5-6)18-10-4-2-7(14)11(15)12(10)16/h1-5,18H,17H2. The summed E-state index contributed by atoms with van der Waals surface area (Å²) in [6, 6.07) is 6.85. The molecular formula is C12H8BrF3N2. The molecular weight excluding hydrogens is 309 g/mol. The Hall–Kier alpha value is -1.69. The molecule has 0 amide bonds. The molecule has 18 heavy (non-hydrogen) atoms. The zero-order chi connectivity index (χ0) is 13.3. The maximum atomic E-state index is 13.4. The molecule has 6 heteroatoms. The molecule has 0 spiro atoms. The van der Waals surface area contributed by atoms with Gasteiger partial charge in [0.15, 0.2) is 17.5 Å². The van der Waals surface area contributed by atoms with Gasteiger partial charge in [0.2, 0.25) is 0 Å². The van der Waals surface area contributed by atoms with Crippen molar-refractivity contribution in [3.63, 3.8) is 0 Å². The van der Waals surface area contributed by atoms with E-state index >= 15 is 0 Å². The zero-order valence-corrected chi connectivity index (χ0v) is 10.6. The first-order chi connectivity index (χ1) is 8.49. The van der Waals surface area contributed by atoms with Crippen LogP contribution in [0.15, 0.2) is 34.8 Å². The molecule has 2 aromatic carbocycles. The average Bonchev–Trinajstić information content (AvgIpc) is 2.33. The lowest BCUT2D eigenvalue weighted by atomic mass is 10.2. The number of benzene rings is 2. The first-order valence-corrected chi connectivity index (χ1v) is 5.74. The number of anilines is 3. The molecule has 0 heterocycles. The number of nitrogens with one attached hydrogen (secondary N) is 1. The highest BCUT2D eigenvalue weighted by Gasteiger charge is 2.14. The largest absolute Gasteiger partial charge is 0.397 e. The van der Waals surface area contributed by atoms with Crippen LogP contribution in [-0.4, -0.2) is 0 Å². The summed E-state index contributed by atoms with van der Waals surface area (Å²) in [5.74, 6) is -4.03. The topological polar surface area (TPSA) is 38.0 Å². The third-order valence-electron chi connectivity index (χ3n) is 2.32. The average molecular weight is 317 g/mol. The van der Waals surface area contributed by atoms with E-state index in [-0.39, 0.29) is 5.69 Å². The Bertz CT molecular complexity index is 602. The second kappa shape index (κ2) is 4.89. The van der Waals surface area contributed by atoms with Gasteiger partial charge in [0.25, 0.3) is 0 Å². The van der Waals surface area contributed by atoms with Crippen molar-refractivity contribution >= 4 is 33.0 Å². The summed E-state index contributed by atoms with van der Waals surface area (Å²) in [5, 5.41) is 2.61. The monoisotopic (exact) mass is 316 g/mol. The van der Waals surface area contributed by atoms with Crippen LogP contribution in [0.3, 0.4) is 0 Å². The Morgan fingerprint density at radius 1 is 0.944 bits per heavy atom. The third kappa shape index (κ3) is 2.43. The van der Waals surface area contributed by atoms with Crippen molar-refractivity contribution in [1.82, 2.24) is 0 Å². The Balaban J connectivity index is 2.37. The van der Waals surface area contributed by atoms with Gasteiger partial charge in [-0.25, -0.2) is 13.2 Å². The first kappa shape index (κ1) is 12.8. The van der Waals surface area contributed by atoms with Gasteiger partial charge in [0.1, 0.15) is 0 Å². The molecule has 0 aromatic heterocycles. The van der Waals surface area contributed by atoms with Crippen molar-refractivity contribution in [1.29, 1.82) is 0 Å². The second-order valence-electron chi connectivity index (χ2n) is 3.58. The van der Waals surface area contributed by atoms with Crippen molar-refractivity contribution < 1.29 is 13.2 Å². The van der Waals surface area contributed by atoms with Crippen molar-refractivity contribution in [2.45, 2.75) is 0 Å². The molecule has 2 rings (SSSR count). The molecule has 0 aliphatic carbocycles. The highest BCUT2D eigenvalue weighted by molar-refractivity contribution is 9.10. The van der Waals surface area contributed by atoms with Gasteiger partial charge in [-0.2, -0.15) is 0 Å². The summed E-state index contributed by atoms with van der Waals surface area (Å²) >= 11 is 3.23. The van der Waals surface area contributed by atoms with Crippen molar-refractivity contribution in [3.05, 3.63) is 52.3 Å². The van der Waals surface area contributed by atoms with Gasteiger partial charge >= 0.3 is 0 Å². The molecule has 0 fully saturated rings. The van der Waals surface area contributed by atoms with Crippen LogP contribution >= 0.6 is 15.9 Å². The van der Waals surface area contributed by atoms with E-state index in [2.05, 4.69) is 21.2 Å². The number of halogens is 4. The maximum Gasteiger partial charge on any atom is 0.196 e. The van der Waals surface area contributed by atoms with Crippen LogP contribution in [0, 0.1) is 17.5 Å². The molecule has 0 saturated carbocycles. The van der Waals surface area contributed by atoms with E-state index in [1.165, 1.54) is 0 Å². The van der Waals surface area contributed by atoms with Crippen molar-refractivity contribution in [3.8, 4) is 0 Å². The smallest absolute Gasteiger partial charge is 0.196 e. The first-order valence-electron chi connectivity index (χ1n) is 4.94. The molecule has 0 aliphatic rings. The minimum atomic E-state index is -1.52. The molecule has 0 aliphatic heterocycles. The number of hydrogen-bond acceptors (Lipinski definition) is 2. The number of hydrogen-bond donors (Lipinski definition) is 2.